The lowest BCUT2D eigenvalue weighted by Gasteiger charge is -2.33. The Morgan fingerprint density at radius 2 is 1.71 bits per heavy atom. The van der Waals surface area contributed by atoms with Gasteiger partial charge in [-0.05, 0) is 56.2 Å². The lowest BCUT2D eigenvalue weighted by atomic mass is 10.1. The van der Waals surface area contributed by atoms with Gasteiger partial charge >= 0.3 is 0 Å². The number of hydrogen-bond donors (Lipinski definition) is 1. The molecule has 192 valence electrons. The minimum atomic E-state index is -3.91. The minimum absolute atomic E-state index is 0.0825. The molecule has 0 saturated heterocycles. The quantitative estimate of drug-likeness (QED) is 0.460. The number of carbonyl (C=O) groups is 2. The van der Waals surface area contributed by atoms with Crippen LogP contribution in [0.5, 0.6) is 5.75 Å². The first-order valence-corrected chi connectivity index (χ1v) is 13.6. The number of sulfonamides is 1. The zero-order valence-electron chi connectivity index (χ0n) is 20.4. The van der Waals surface area contributed by atoms with E-state index in [1.165, 1.54) is 23.1 Å². The van der Waals surface area contributed by atoms with E-state index in [2.05, 4.69) is 5.32 Å². The van der Waals surface area contributed by atoms with Crippen molar-refractivity contribution in [3.8, 4) is 5.75 Å². The van der Waals surface area contributed by atoms with Gasteiger partial charge in [-0.25, -0.2) is 8.42 Å². The van der Waals surface area contributed by atoms with E-state index in [1.54, 1.807) is 38.3 Å². The van der Waals surface area contributed by atoms with Gasteiger partial charge in [0.05, 0.1) is 24.1 Å². The number of carbonyl (C=O) groups excluding carboxylic acids is 2. The second kappa shape index (κ2) is 12.5. The highest BCUT2D eigenvalue weighted by molar-refractivity contribution is 7.92. The lowest BCUT2D eigenvalue weighted by molar-refractivity contribution is -0.140. The van der Waals surface area contributed by atoms with Crippen LogP contribution in [0, 0.1) is 0 Å². The summed E-state index contributed by atoms with van der Waals surface area (Å²) in [6, 6.07) is 10.5. The molecule has 0 unspecified atom stereocenters. The topological polar surface area (TPSA) is 96.0 Å². The Kier molecular flexibility index (Phi) is 10.2. The Hall–Kier alpha value is -2.49. The Bertz CT molecular complexity index is 1140. The van der Waals surface area contributed by atoms with Crippen molar-refractivity contribution < 1.29 is 22.7 Å². The van der Waals surface area contributed by atoms with E-state index in [4.69, 9.17) is 27.9 Å². The highest BCUT2D eigenvalue weighted by atomic mass is 35.5. The fraction of sp³-hybridized carbons (Fsp3) is 0.417. The predicted octanol–water partition coefficient (Wildman–Crippen LogP) is 4.10. The molecule has 0 saturated carbocycles. The average Bonchev–Trinajstić information content (AvgIpc) is 2.78. The number of nitrogens with zero attached hydrogens (tertiary/aromatic N) is 2. The van der Waals surface area contributed by atoms with E-state index < -0.39 is 28.5 Å². The molecule has 0 aliphatic rings. The molecule has 2 aromatic carbocycles. The molecule has 8 nitrogen and oxygen atoms in total. The minimum Gasteiger partial charge on any atom is -0.497 e. The van der Waals surface area contributed by atoms with Crippen molar-refractivity contribution >= 4 is 50.7 Å². The number of methoxy groups -OCH3 is 1. The first-order chi connectivity index (χ1) is 16.4. The van der Waals surface area contributed by atoms with Crippen LogP contribution in [-0.2, 0) is 26.2 Å². The van der Waals surface area contributed by atoms with Crippen LogP contribution in [0.2, 0.25) is 10.0 Å². The van der Waals surface area contributed by atoms with Crippen molar-refractivity contribution in [3.05, 3.63) is 58.1 Å². The van der Waals surface area contributed by atoms with Gasteiger partial charge in [0.2, 0.25) is 21.8 Å². The summed E-state index contributed by atoms with van der Waals surface area (Å²) >= 11 is 12.3. The number of benzene rings is 2. The third kappa shape index (κ3) is 8.02. The molecule has 1 atom stereocenters. The largest absolute Gasteiger partial charge is 0.497 e. The van der Waals surface area contributed by atoms with Crippen LogP contribution in [0.1, 0.15) is 32.8 Å². The number of rotatable bonds is 11. The summed E-state index contributed by atoms with van der Waals surface area (Å²) in [5.41, 5.74) is 0.834. The van der Waals surface area contributed by atoms with Crippen LogP contribution in [0.25, 0.3) is 0 Å². The summed E-state index contributed by atoms with van der Waals surface area (Å²) in [5, 5.41) is 3.23. The van der Waals surface area contributed by atoms with Gasteiger partial charge in [0.25, 0.3) is 0 Å². The monoisotopic (exact) mass is 543 g/mol. The number of halogens is 2. The predicted molar refractivity (Wildman–Crippen MR) is 140 cm³/mol. The Morgan fingerprint density at radius 3 is 2.23 bits per heavy atom. The van der Waals surface area contributed by atoms with Crippen molar-refractivity contribution in [3.63, 3.8) is 0 Å². The normalized spacial score (nSPS) is 12.2. The number of ether oxygens (including phenoxy) is 1. The van der Waals surface area contributed by atoms with Crippen LogP contribution >= 0.6 is 23.2 Å². The molecule has 35 heavy (non-hydrogen) atoms. The summed E-state index contributed by atoms with van der Waals surface area (Å²) in [7, 11) is -2.36. The summed E-state index contributed by atoms with van der Waals surface area (Å²) < 4.78 is 31.4. The number of anilines is 1. The number of nitrogens with one attached hydrogen (secondary N) is 1. The Labute approximate surface area is 217 Å². The molecule has 0 heterocycles. The zero-order chi connectivity index (χ0) is 26.3. The molecular formula is C24H31Cl2N3O5S. The number of amides is 2. The first kappa shape index (κ1) is 28.7. The molecule has 0 spiro atoms. The van der Waals surface area contributed by atoms with Crippen LogP contribution in [0.4, 0.5) is 5.69 Å². The average molecular weight is 545 g/mol. The van der Waals surface area contributed by atoms with Crippen LogP contribution in [0.15, 0.2) is 42.5 Å². The van der Waals surface area contributed by atoms with E-state index in [0.717, 1.165) is 16.1 Å². The van der Waals surface area contributed by atoms with Gasteiger partial charge in [-0.3, -0.25) is 13.9 Å². The summed E-state index contributed by atoms with van der Waals surface area (Å²) in [4.78, 5) is 28.0. The molecule has 0 bridgehead atoms. The highest BCUT2D eigenvalue weighted by Gasteiger charge is 2.32. The molecule has 0 aliphatic heterocycles. The second-order valence-electron chi connectivity index (χ2n) is 8.32. The second-order valence-corrected chi connectivity index (χ2v) is 11.1. The third-order valence-corrected chi connectivity index (χ3v) is 6.87. The zero-order valence-corrected chi connectivity index (χ0v) is 22.7. The molecule has 11 heteroatoms. The molecular weight excluding hydrogens is 513 g/mol. The fourth-order valence-corrected chi connectivity index (χ4v) is 4.79. The lowest BCUT2D eigenvalue weighted by Crippen LogP contribution is -2.53. The fourth-order valence-electron chi connectivity index (χ4n) is 3.50. The first-order valence-electron chi connectivity index (χ1n) is 11.0. The van der Waals surface area contributed by atoms with Crippen molar-refractivity contribution in [2.75, 3.05) is 24.2 Å². The Morgan fingerprint density at radius 1 is 1.09 bits per heavy atom. The molecule has 0 aliphatic carbocycles. The van der Waals surface area contributed by atoms with Crippen molar-refractivity contribution in [2.45, 2.75) is 45.8 Å². The molecule has 1 N–H and O–H groups in total. The van der Waals surface area contributed by atoms with Crippen LogP contribution in [0.3, 0.4) is 0 Å². The van der Waals surface area contributed by atoms with E-state index >= 15 is 0 Å². The van der Waals surface area contributed by atoms with Crippen molar-refractivity contribution in [2.24, 2.45) is 0 Å². The molecule has 2 aromatic rings. The van der Waals surface area contributed by atoms with Gasteiger partial charge in [0, 0.05) is 17.6 Å². The Balaban J connectivity index is 2.48. The van der Waals surface area contributed by atoms with Crippen molar-refractivity contribution in [1.29, 1.82) is 0 Å². The van der Waals surface area contributed by atoms with Gasteiger partial charge < -0.3 is 15.0 Å². The van der Waals surface area contributed by atoms with Crippen LogP contribution < -0.4 is 14.4 Å². The molecule has 2 rings (SSSR count). The maximum atomic E-state index is 13.6. The van der Waals surface area contributed by atoms with Gasteiger partial charge in [-0.1, -0.05) is 42.3 Å². The van der Waals surface area contributed by atoms with E-state index in [1.807, 2.05) is 13.8 Å². The third-order valence-electron chi connectivity index (χ3n) is 5.18. The standard InChI is InChI=1S/C24H31Cl2N3O5S/c1-6-21(24(31)27-16(2)3)28(14-17-7-10-19(34-4)11-8-17)23(30)15-29(35(5,32)33)22-13-18(25)9-12-20(22)26/h7-13,16,21H,6,14-15H2,1-5H3,(H,27,31)/t21-/m1/s1. The smallest absolute Gasteiger partial charge is 0.244 e. The van der Waals surface area contributed by atoms with E-state index in [9.17, 15) is 18.0 Å². The summed E-state index contributed by atoms with van der Waals surface area (Å²) in [6.07, 6.45) is 1.31. The van der Waals surface area contributed by atoms with Crippen LogP contribution in [-0.4, -0.2) is 57.1 Å². The van der Waals surface area contributed by atoms with Gasteiger partial charge in [0.15, 0.2) is 0 Å². The maximum absolute atomic E-state index is 13.6. The van der Waals surface area contributed by atoms with E-state index in [0.29, 0.717) is 12.2 Å². The molecule has 0 radical (unpaired) electrons. The maximum Gasteiger partial charge on any atom is 0.244 e. The summed E-state index contributed by atoms with van der Waals surface area (Å²) in [6.45, 7) is 4.98. The number of hydrogen-bond acceptors (Lipinski definition) is 5. The molecule has 0 fully saturated rings. The van der Waals surface area contributed by atoms with Gasteiger partial charge in [-0.15, -0.1) is 0 Å². The van der Waals surface area contributed by atoms with Crippen molar-refractivity contribution in [1.82, 2.24) is 10.2 Å². The molecule has 0 aromatic heterocycles. The molecule has 2 amide bonds. The SMILES string of the molecule is CC[C@H](C(=O)NC(C)C)N(Cc1ccc(OC)cc1)C(=O)CN(c1cc(Cl)ccc1Cl)S(C)(=O)=O. The highest BCUT2D eigenvalue weighted by Crippen LogP contribution is 2.31. The van der Waals surface area contributed by atoms with Gasteiger partial charge in [0.1, 0.15) is 18.3 Å². The summed E-state index contributed by atoms with van der Waals surface area (Å²) in [5.74, 6) is -0.237. The van der Waals surface area contributed by atoms with E-state index in [-0.39, 0.29) is 34.2 Å². The van der Waals surface area contributed by atoms with Gasteiger partial charge in [-0.2, -0.15) is 0 Å².